The summed E-state index contributed by atoms with van der Waals surface area (Å²) in [6.07, 6.45) is 0. The van der Waals surface area contributed by atoms with Gasteiger partial charge in [-0.15, -0.1) is 0 Å². The molecule has 0 saturated carbocycles. The summed E-state index contributed by atoms with van der Waals surface area (Å²) < 4.78 is 13.1. The van der Waals surface area contributed by atoms with Gasteiger partial charge < -0.3 is 11.1 Å². The number of benzene rings is 3. The first-order chi connectivity index (χ1) is 11.0. The second kappa shape index (κ2) is 6.31. The molecule has 3 N–H and O–H groups in total. The zero-order valence-corrected chi connectivity index (χ0v) is 13.4. The van der Waals surface area contributed by atoms with Gasteiger partial charge in [-0.25, -0.2) is 4.39 Å². The Labute approximate surface area is 139 Å². The van der Waals surface area contributed by atoms with E-state index in [9.17, 15) is 4.39 Å². The largest absolute Gasteiger partial charge is 0.398 e. The Morgan fingerprint density at radius 3 is 2.48 bits per heavy atom. The molecule has 0 saturated heterocycles. The van der Waals surface area contributed by atoms with Gasteiger partial charge in [0.2, 0.25) is 0 Å². The molecular formula is C19H16ClFN2. The van der Waals surface area contributed by atoms with Gasteiger partial charge in [-0.05, 0) is 54.4 Å². The number of nitrogens with one attached hydrogen (secondary N) is 1. The lowest BCUT2D eigenvalue weighted by Crippen LogP contribution is -1.96. The van der Waals surface area contributed by atoms with Gasteiger partial charge in [0.1, 0.15) is 5.82 Å². The van der Waals surface area contributed by atoms with Crippen molar-refractivity contribution < 1.29 is 4.39 Å². The van der Waals surface area contributed by atoms with E-state index in [0.29, 0.717) is 16.4 Å². The van der Waals surface area contributed by atoms with Crippen molar-refractivity contribution in [2.45, 2.75) is 6.92 Å². The maximum absolute atomic E-state index is 13.1. The van der Waals surface area contributed by atoms with E-state index < -0.39 is 0 Å². The molecule has 0 fully saturated rings. The number of anilines is 3. The maximum Gasteiger partial charge on any atom is 0.124 e. The Hall–Kier alpha value is -2.52. The number of rotatable bonds is 3. The van der Waals surface area contributed by atoms with Crippen LogP contribution in [-0.2, 0) is 0 Å². The van der Waals surface area contributed by atoms with Crippen LogP contribution in [0.4, 0.5) is 21.5 Å². The van der Waals surface area contributed by atoms with Crippen molar-refractivity contribution in [3.05, 3.63) is 77.1 Å². The summed E-state index contributed by atoms with van der Waals surface area (Å²) in [6, 6.07) is 18.0. The van der Waals surface area contributed by atoms with Gasteiger partial charge >= 0.3 is 0 Å². The van der Waals surface area contributed by atoms with E-state index in [0.717, 1.165) is 22.4 Å². The third-order valence-electron chi connectivity index (χ3n) is 3.70. The van der Waals surface area contributed by atoms with E-state index in [4.69, 9.17) is 17.3 Å². The third kappa shape index (κ3) is 3.30. The van der Waals surface area contributed by atoms with E-state index in [1.165, 1.54) is 12.1 Å². The van der Waals surface area contributed by atoms with Crippen LogP contribution in [0.25, 0.3) is 11.1 Å². The zero-order chi connectivity index (χ0) is 16.4. The second-order valence-electron chi connectivity index (χ2n) is 5.37. The lowest BCUT2D eigenvalue weighted by Gasteiger charge is -2.13. The number of hydrogen-bond donors (Lipinski definition) is 2. The van der Waals surface area contributed by atoms with Gasteiger partial charge in [-0.3, -0.25) is 0 Å². The van der Waals surface area contributed by atoms with Crippen molar-refractivity contribution in [2.24, 2.45) is 0 Å². The fourth-order valence-corrected chi connectivity index (χ4v) is 2.70. The van der Waals surface area contributed by atoms with Crippen LogP contribution in [-0.4, -0.2) is 0 Å². The van der Waals surface area contributed by atoms with Crippen LogP contribution in [0.3, 0.4) is 0 Å². The summed E-state index contributed by atoms with van der Waals surface area (Å²) in [7, 11) is 0. The van der Waals surface area contributed by atoms with E-state index >= 15 is 0 Å². The Morgan fingerprint density at radius 1 is 0.957 bits per heavy atom. The molecule has 3 aromatic rings. The minimum Gasteiger partial charge on any atom is -0.398 e. The van der Waals surface area contributed by atoms with E-state index in [2.05, 4.69) is 5.32 Å². The summed E-state index contributed by atoms with van der Waals surface area (Å²) in [6.45, 7) is 2.05. The molecule has 0 unspecified atom stereocenters. The number of nitrogen functional groups attached to an aromatic ring is 1. The Kier molecular flexibility index (Phi) is 4.22. The summed E-state index contributed by atoms with van der Waals surface area (Å²) in [5, 5.41) is 3.53. The number of hydrogen-bond acceptors (Lipinski definition) is 2. The predicted molar refractivity (Wildman–Crippen MR) is 95.7 cm³/mol. The molecular weight excluding hydrogens is 311 g/mol. The molecule has 0 aliphatic rings. The van der Waals surface area contributed by atoms with Crippen LogP contribution in [0, 0.1) is 12.7 Å². The molecule has 3 aromatic carbocycles. The van der Waals surface area contributed by atoms with Crippen molar-refractivity contribution >= 4 is 28.7 Å². The Bertz CT molecular complexity index is 862. The molecule has 0 amide bonds. The minimum atomic E-state index is -0.363. The highest BCUT2D eigenvalue weighted by molar-refractivity contribution is 6.33. The topological polar surface area (TPSA) is 38.0 Å². The highest BCUT2D eigenvalue weighted by Crippen LogP contribution is 2.33. The van der Waals surface area contributed by atoms with Crippen molar-refractivity contribution in [2.75, 3.05) is 11.1 Å². The highest BCUT2D eigenvalue weighted by Gasteiger charge is 2.08. The van der Waals surface area contributed by atoms with Crippen molar-refractivity contribution in [3.63, 3.8) is 0 Å². The first-order valence-corrected chi connectivity index (χ1v) is 7.60. The summed E-state index contributed by atoms with van der Waals surface area (Å²) >= 11 is 6.07. The minimum absolute atomic E-state index is 0.333. The number of nitrogens with two attached hydrogens (primary N) is 1. The molecule has 3 rings (SSSR count). The SMILES string of the molecule is Cc1ccccc1-c1cc(Nc2ccc(F)cc2Cl)ccc1N. The Balaban J connectivity index is 1.99. The van der Waals surface area contributed by atoms with Gasteiger partial charge in [0, 0.05) is 16.9 Å². The average molecular weight is 327 g/mol. The van der Waals surface area contributed by atoms with Gasteiger partial charge in [-0.1, -0.05) is 35.9 Å². The molecule has 0 atom stereocenters. The van der Waals surface area contributed by atoms with Crippen LogP contribution in [0.15, 0.2) is 60.7 Å². The molecule has 4 heteroatoms. The summed E-state index contributed by atoms with van der Waals surface area (Å²) in [5.41, 5.74) is 11.5. The molecule has 0 radical (unpaired) electrons. The third-order valence-corrected chi connectivity index (χ3v) is 4.01. The van der Waals surface area contributed by atoms with Gasteiger partial charge in [-0.2, -0.15) is 0 Å². The molecule has 0 aliphatic carbocycles. The van der Waals surface area contributed by atoms with Crippen LogP contribution >= 0.6 is 11.6 Å². The van der Waals surface area contributed by atoms with E-state index in [-0.39, 0.29) is 5.82 Å². The number of aryl methyl sites for hydroxylation is 1. The molecule has 0 bridgehead atoms. The summed E-state index contributed by atoms with van der Waals surface area (Å²) in [5.74, 6) is -0.363. The first kappa shape index (κ1) is 15.4. The zero-order valence-electron chi connectivity index (χ0n) is 12.6. The quantitative estimate of drug-likeness (QED) is 0.599. The first-order valence-electron chi connectivity index (χ1n) is 7.22. The van der Waals surface area contributed by atoms with E-state index in [1.807, 2.05) is 49.4 Å². The fourth-order valence-electron chi connectivity index (χ4n) is 2.49. The molecule has 23 heavy (non-hydrogen) atoms. The highest BCUT2D eigenvalue weighted by atomic mass is 35.5. The van der Waals surface area contributed by atoms with Crippen LogP contribution < -0.4 is 11.1 Å². The Morgan fingerprint density at radius 2 is 1.74 bits per heavy atom. The van der Waals surface area contributed by atoms with E-state index in [1.54, 1.807) is 6.07 Å². The fraction of sp³-hybridized carbons (Fsp3) is 0.0526. The monoisotopic (exact) mass is 326 g/mol. The summed E-state index contributed by atoms with van der Waals surface area (Å²) in [4.78, 5) is 0. The molecule has 0 spiro atoms. The van der Waals surface area contributed by atoms with Gasteiger partial charge in [0.15, 0.2) is 0 Å². The predicted octanol–water partition coefficient (Wildman–Crippen LogP) is 5.78. The number of halogens is 2. The van der Waals surface area contributed by atoms with Crippen molar-refractivity contribution in [3.8, 4) is 11.1 Å². The maximum atomic E-state index is 13.1. The normalized spacial score (nSPS) is 10.6. The smallest absolute Gasteiger partial charge is 0.124 e. The molecule has 0 heterocycles. The standard InChI is InChI=1S/C19H16ClFN2/c1-12-4-2-3-5-15(12)16-11-14(7-8-18(16)22)23-19-9-6-13(21)10-17(19)20/h2-11,23H,22H2,1H3. The molecule has 2 nitrogen and oxygen atoms in total. The van der Waals surface area contributed by atoms with Gasteiger partial charge in [0.05, 0.1) is 10.7 Å². The van der Waals surface area contributed by atoms with Crippen LogP contribution in [0.2, 0.25) is 5.02 Å². The second-order valence-corrected chi connectivity index (χ2v) is 5.77. The molecule has 116 valence electrons. The van der Waals surface area contributed by atoms with Crippen LogP contribution in [0.5, 0.6) is 0 Å². The lowest BCUT2D eigenvalue weighted by molar-refractivity contribution is 0.628. The van der Waals surface area contributed by atoms with Crippen molar-refractivity contribution in [1.29, 1.82) is 0 Å². The lowest BCUT2D eigenvalue weighted by atomic mass is 9.98. The van der Waals surface area contributed by atoms with Crippen LogP contribution in [0.1, 0.15) is 5.56 Å². The molecule has 0 aliphatic heterocycles. The van der Waals surface area contributed by atoms with Crippen molar-refractivity contribution in [1.82, 2.24) is 0 Å². The molecule has 0 aromatic heterocycles. The average Bonchev–Trinajstić information content (AvgIpc) is 2.52. The van der Waals surface area contributed by atoms with Gasteiger partial charge in [0.25, 0.3) is 0 Å².